The molecule has 2 rings (SSSR count). The van der Waals surface area contributed by atoms with Gasteiger partial charge in [-0.1, -0.05) is 6.07 Å². The smallest absolute Gasteiger partial charge is 0.226 e. The molecule has 0 radical (unpaired) electrons. The SMILES string of the molecule is CN(CC(C)(C)O)C(=O)C1CC1c1ccc(F)cc1F. The van der Waals surface area contributed by atoms with Crippen LogP contribution in [0.3, 0.4) is 0 Å². The minimum atomic E-state index is -0.962. The van der Waals surface area contributed by atoms with Crippen molar-refractivity contribution in [3.8, 4) is 0 Å². The quantitative estimate of drug-likeness (QED) is 0.921. The average Bonchev–Trinajstić information content (AvgIpc) is 3.05. The minimum Gasteiger partial charge on any atom is -0.389 e. The molecule has 2 unspecified atom stereocenters. The summed E-state index contributed by atoms with van der Waals surface area (Å²) < 4.78 is 26.5. The zero-order chi connectivity index (χ0) is 15.1. The maximum absolute atomic E-state index is 13.6. The monoisotopic (exact) mass is 283 g/mol. The number of benzene rings is 1. The van der Waals surface area contributed by atoms with Gasteiger partial charge < -0.3 is 10.0 Å². The van der Waals surface area contributed by atoms with Gasteiger partial charge >= 0.3 is 0 Å². The highest BCUT2D eigenvalue weighted by Crippen LogP contribution is 2.49. The Morgan fingerprint density at radius 2 is 2.10 bits per heavy atom. The lowest BCUT2D eigenvalue weighted by atomic mass is 10.1. The molecule has 0 heterocycles. The summed E-state index contributed by atoms with van der Waals surface area (Å²) in [6, 6.07) is 3.45. The van der Waals surface area contributed by atoms with Crippen molar-refractivity contribution in [1.29, 1.82) is 0 Å². The molecule has 20 heavy (non-hydrogen) atoms. The molecule has 1 aliphatic carbocycles. The summed E-state index contributed by atoms with van der Waals surface area (Å²) >= 11 is 0. The molecule has 0 saturated heterocycles. The zero-order valence-corrected chi connectivity index (χ0v) is 11.9. The first-order valence-corrected chi connectivity index (χ1v) is 6.61. The van der Waals surface area contributed by atoms with Crippen LogP contribution in [-0.2, 0) is 4.79 Å². The van der Waals surface area contributed by atoms with Crippen LogP contribution in [0.4, 0.5) is 8.78 Å². The third kappa shape index (κ3) is 3.33. The van der Waals surface area contributed by atoms with Gasteiger partial charge in [-0.2, -0.15) is 0 Å². The molecule has 0 bridgehead atoms. The van der Waals surface area contributed by atoms with Crippen LogP contribution < -0.4 is 0 Å². The Balaban J connectivity index is 2.02. The van der Waals surface area contributed by atoms with Gasteiger partial charge in [0.05, 0.1) is 5.60 Å². The van der Waals surface area contributed by atoms with E-state index in [1.165, 1.54) is 17.0 Å². The van der Waals surface area contributed by atoms with Crippen molar-refractivity contribution >= 4 is 5.91 Å². The second-order valence-corrected chi connectivity index (χ2v) is 6.12. The lowest BCUT2D eigenvalue weighted by Gasteiger charge is -2.25. The maximum atomic E-state index is 13.6. The predicted molar refractivity (Wildman–Crippen MR) is 71.1 cm³/mol. The number of hydrogen-bond donors (Lipinski definition) is 1. The normalized spacial score (nSPS) is 21.7. The fourth-order valence-electron chi connectivity index (χ4n) is 2.56. The van der Waals surface area contributed by atoms with Crippen molar-refractivity contribution < 1.29 is 18.7 Å². The summed E-state index contributed by atoms with van der Waals surface area (Å²) in [6.07, 6.45) is 0.567. The molecule has 0 aromatic heterocycles. The molecule has 1 fully saturated rings. The van der Waals surface area contributed by atoms with E-state index in [9.17, 15) is 18.7 Å². The van der Waals surface area contributed by atoms with E-state index in [1.54, 1.807) is 20.9 Å². The molecule has 110 valence electrons. The van der Waals surface area contributed by atoms with Gasteiger partial charge in [0.15, 0.2) is 0 Å². The van der Waals surface area contributed by atoms with Gasteiger partial charge in [-0.15, -0.1) is 0 Å². The molecule has 1 aliphatic rings. The highest BCUT2D eigenvalue weighted by molar-refractivity contribution is 5.82. The summed E-state index contributed by atoms with van der Waals surface area (Å²) in [7, 11) is 1.62. The predicted octanol–water partition coefficient (Wildman–Crippen LogP) is 2.30. The van der Waals surface area contributed by atoms with Crippen LogP contribution >= 0.6 is 0 Å². The van der Waals surface area contributed by atoms with Gasteiger partial charge in [0.2, 0.25) is 5.91 Å². The molecule has 1 saturated carbocycles. The third-order valence-electron chi connectivity index (χ3n) is 3.47. The molecule has 1 aromatic carbocycles. The summed E-state index contributed by atoms with van der Waals surface area (Å²) in [5, 5.41) is 9.70. The largest absolute Gasteiger partial charge is 0.389 e. The Bertz CT molecular complexity index is 525. The lowest BCUT2D eigenvalue weighted by Crippen LogP contribution is -2.40. The van der Waals surface area contributed by atoms with Gasteiger partial charge in [-0.05, 0) is 37.8 Å². The van der Waals surface area contributed by atoms with E-state index in [0.29, 0.717) is 12.0 Å². The van der Waals surface area contributed by atoms with Gasteiger partial charge in [0, 0.05) is 25.6 Å². The van der Waals surface area contributed by atoms with Crippen LogP contribution in [0.15, 0.2) is 18.2 Å². The van der Waals surface area contributed by atoms with Crippen LogP contribution in [0.2, 0.25) is 0 Å². The minimum absolute atomic E-state index is 0.110. The Hall–Kier alpha value is -1.49. The number of amides is 1. The van der Waals surface area contributed by atoms with Crippen LogP contribution in [-0.4, -0.2) is 35.1 Å². The number of rotatable bonds is 4. The van der Waals surface area contributed by atoms with E-state index in [-0.39, 0.29) is 24.3 Å². The van der Waals surface area contributed by atoms with Crippen LogP contribution in [0, 0.1) is 17.6 Å². The van der Waals surface area contributed by atoms with E-state index >= 15 is 0 Å². The summed E-state index contributed by atoms with van der Waals surface area (Å²) in [5.74, 6) is -1.79. The fraction of sp³-hybridized carbons (Fsp3) is 0.533. The fourth-order valence-corrected chi connectivity index (χ4v) is 2.56. The van der Waals surface area contributed by atoms with E-state index in [1.807, 2.05) is 0 Å². The third-order valence-corrected chi connectivity index (χ3v) is 3.47. The molecule has 1 aromatic rings. The number of hydrogen-bond acceptors (Lipinski definition) is 2. The number of carbonyl (C=O) groups is 1. The number of likely N-dealkylation sites (N-methyl/N-ethyl adjacent to an activating group) is 1. The van der Waals surface area contributed by atoms with Gasteiger partial charge in [-0.25, -0.2) is 8.78 Å². The summed E-state index contributed by atoms with van der Waals surface area (Å²) in [5.41, 5.74) is -0.572. The zero-order valence-electron chi connectivity index (χ0n) is 11.9. The Labute approximate surface area is 117 Å². The molecular weight excluding hydrogens is 264 g/mol. The number of halogens is 2. The van der Waals surface area contributed by atoms with E-state index in [2.05, 4.69) is 0 Å². The van der Waals surface area contributed by atoms with Crippen molar-refractivity contribution in [2.45, 2.75) is 31.8 Å². The first-order chi connectivity index (χ1) is 9.19. The molecule has 5 heteroatoms. The van der Waals surface area contributed by atoms with Crippen molar-refractivity contribution in [1.82, 2.24) is 4.90 Å². The highest BCUT2D eigenvalue weighted by Gasteiger charge is 2.46. The van der Waals surface area contributed by atoms with Crippen LogP contribution in [0.1, 0.15) is 31.7 Å². The molecule has 0 aliphatic heterocycles. The van der Waals surface area contributed by atoms with Crippen LogP contribution in [0.5, 0.6) is 0 Å². The summed E-state index contributed by atoms with van der Waals surface area (Å²) in [6.45, 7) is 3.47. The van der Waals surface area contributed by atoms with E-state index in [4.69, 9.17) is 0 Å². The van der Waals surface area contributed by atoms with Crippen molar-refractivity contribution in [3.05, 3.63) is 35.4 Å². The number of carbonyl (C=O) groups excluding carboxylic acids is 1. The standard InChI is InChI=1S/C15H19F2NO2/c1-15(2,20)8-18(3)14(19)12-7-11(12)10-5-4-9(16)6-13(10)17/h4-6,11-12,20H,7-8H2,1-3H3. The second kappa shape index (κ2) is 5.13. The highest BCUT2D eigenvalue weighted by atomic mass is 19.1. The van der Waals surface area contributed by atoms with Crippen LogP contribution in [0.25, 0.3) is 0 Å². The lowest BCUT2D eigenvalue weighted by molar-refractivity contribution is -0.134. The Kier molecular flexibility index (Phi) is 3.82. The topological polar surface area (TPSA) is 40.5 Å². The van der Waals surface area contributed by atoms with Gasteiger partial charge in [-0.3, -0.25) is 4.79 Å². The van der Waals surface area contributed by atoms with E-state index in [0.717, 1.165) is 6.07 Å². The average molecular weight is 283 g/mol. The Morgan fingerprint density at radius 1 is 1.45 bits per heavy atom. The molecule has 1 amide bonds. The summed E-state index contributed by atoms with van der Waals surface area (Å²) in [4.78, 5) is 13.6. The Morgan fingerprint density at radius 3 is 2.65 bits per heavy atom. The van der Waals surface area contributed by atoms with Crippen molar-refractivity contribution in [3.63, 3.8) is 0 Å². The molecule has 0 spiro atoms. The first-order valence-electron chi connectivity index (χ1n) is 6.61. The maximum Gasteiger partial charge on any atom is 0.226 e. The number of aliphatic hydroxyl groups is 1. The number of nitrogens with zero attached hydrogens (tertiary/aromatic N) is 1. The molecule has 2 atom stereocenters. The van der Waals surface area contributed by atoms with Gasteiger partial charge in [0.25, 0.3) is 0 Å². The van der Waals surface area contributed by atoms with Crippen molar-refractivity contribution in [2.24, 2.45) is 5.92 Å². The first kappa shape index (κ1) is 14.9. The van der Waals surface area contributed by atoms with Crippen molar-refractivity contribution in [2.75, 3.05) is 13.6 Å². The molecular formula is C15H19F2NO2. The molecule has 3 nitrogen and oxygen atoms in total. The van der Waals surface area contributed by atoms with E-state index < -0.39 is 17.2 Å². The molecule has 1 N–H and O–H groups in total. The van der Waals surface area contributed by atoms with Gasteiger partial charge in [0.1, 0.15) is 11.6 Å². The second-order valence-electron chi connectivity index (χ2n) is 6.12.